The molecule has 0 unspecified atom stereocenters. The van der Waals surface area contributed by atoms with Crippen LogP contribution in [0, 0.1) is 0 Å². The second-order valence-corrected chi connectivity index (χ2v) is 3.37. The van der Waals surface area contributed by atoms with E-state index >= 15 is 0 Å². The third-order valence-corrected chi connectivity index (χ3v) is 2.07. The molecule has 0 atom stereocenters. The van der Waals surface area contributed by atoms with Crippen molar-refractivity contribution in [3.05, 3.63) is 29.3 Å². The van der Waals surface area contributed by atoms with Gasteiger partial charge in [0.2, 0.25) is 0 Å². The molecular weight excluding hydrogens is 219 g/mol. The van der Waals surface area contributed by atoms with Gasteiger partial charge in [0.1, 0.15) is 5.75 Å². The minimum absolute atomic E-state index is 0.0307. The summed E-state index contributed by atoms with van der Waals surface area (Å²) in [5.41, 5.74) is 5.07. The van der Waals surface area contributed by atoms with Crippen LogP contribution in [0.15, 0.2) is 18.2 Å². The Morgan fingerprint density at radius 1 is 1.31 bits per heavy atom. The highest BCUT2D eigenvalue weighted by Crippen LogP contribution is 2.32. The zero-order chi connectivity index (χ0) is 12.2. The van der Waals surface area contributed by atoms with Crippen LogP contribution in [0.5, 0.6) is 5.75 Å². The summed E-state index contributed by atoms with van der Waals surface area (Å²) in [4.78, 5) is 0. The molecule has 0 aliphatic heterocycles. The van der Waals surface area contributed by atoms with Crippen molar-refractivity contribution in [1.82, 2.24) is 0 Å². The highest BCUT2D eigenvalue weighted by Gasteiger charge is 2.30. The normalized spacial score (nSPS) is 11.6. The van der Waals surface area contributed by atoms with Crippen LogP contribution in [0.3, 0.4) is 0 Å². The minimum atomic E-state index is -4.34. The van der Waals surface area contributed by atoms with Crippen molar-refractivity contribution in [1.29, 1.82) is 0 Å². The van der Waals surface area contributed by atoms with Crippen LogP contribution in [0.4, 0.5) is 13.2 Å². The van der Waals surface area contributed by atoms with E-state index in [-0.39, 0.29) is 6.54 Å². The van der Waals surface area contributed by atoms with Crippen molar-refractivity contribution in [2.24, 2.45) is 5.73 Å². The van der Waals surface area contributed by atoms with Gasteiger partial charge in [-0.25, -0.2) is 0 Å². The number of nitrogens with two attached hydrogens (primary N) is 1. The fourth-order valence-electron chi connectivity index (χ4n) is 1.27. The van der Waals surface area contributed by atoms with Gasteiger partial charge in [-0.05, 0) is 24.6 Å². The average molecular weight is 233 g/mol. The molecule has 0 saturated carbocycles. The second kappa shape index (κ2) is 5.21. The number of halogens is 3. The molecule has 0 radical (unpaired) electrons. The van der Waals surface area contributed by atoms with Crippen molar-refractivity contribution in [2.45, 2.75) is 26.1 Å². The Balaban J connectivity index is 2.97. The Kier molecular flexibility index (Phi) is 4.18. The zero-order valence-electron chi connectivity index (χ0n) is 8.97. The molecule has 0 spiro atoms. The molecule has 2 nitrogen and oxygen atoms in total. The molecule has 1 aromatic rings. The van der Waals surface area contributed by atoms with Gasteiger partial charge in [0.25, 0.3) is 0 Å². The number of ether oxygens (including phenoxy) is 1. The maximum atomic E-state index is 12.4. The highest BCUT2D eigenvalue weighted by atomic mass is 19.4. The molecule has 16 heavy (non-hydrogen) atoms. The zero-order valence-corrected chi connectivity index (χ0v) is 8.97. The molecule has 0 fully saturated rings. The van der Waals surface area contributed by atoms with E-state index in [1.807, 2.05) is 6.92 Å². The summed E-state index contributed by atoms with van der Waals surface area (Å²) in [5, 5.41) is 0. The van der Waals surface area contributed by atoms with Crippen LogP contribution >= 0.6 is 0 Å². The number of hydrogen-bond donors (Lipinski definition) is 1. The van der Waals surface area contributed by atoms with Crippen LogP contribution in [0.25, 0.3) is 0 Å². The quantitative estimate of drug-likeness (QED) is 0.867. The SMILES string of the molecule is CCCOc1ccc(C(F)(F)F)cc1CN. The maximum absolute atomic E-state index is 12.4. The third-order valence-electron chi connectivity index (χ3n) is 2.07. The molecule has 0 aliphatic carbocycles. The van der Waals surface area contributed by atoms with Gasteiger partial charge in [-0.3, -0.25) is 0 Å². The lowest BCUT2D eigenvalue weighted by atomic mass is 10.1. The minimum Gasteiger partial charge on any atom is -0.493 e. The van der Waals surface area contributed by atoms with E-state index in [0.717, 1.165) is 18.6 Å². The van der Waals surface area contributed by atoms with Gasteiger partial charge in [-0.2, -0.15) is 13.2 Å². The Hall–Kier alpha value is -1.23. The first-order chi connectivity index (χ1) is 7.49. The van der Waals surface area contributed by atoms with Crippen LogP contribution in [0.1, 0.15) is 24.5 Å². The van der Waals surface area contributed by atoms with E-state index in [9.17, 15) is 13.2 Å². The van der Waals surface area contributed by atoms with E-state index in [4.69, 9.17) is 10.5 Å². The largest absolute Gasteiger partial charge is 0.493 e. The first-order valence-corrected chi connectivity index (χ1v) is 5.02. The fourth-order valence-corrected chi connectivity index (χ4v) is 1.27. The van der Waals surface area contributed by atoms with Crippen molar-refractivity contribution in [2.75, 3.05) is 6.61 Å². The topological polar surface area (TPSA) is 35.2 Å². The van der Waals surface area contributed by atoms with Crippen LogP contribution in [-0.2, 0) is 12.7 Å². The number of hydrogen-bond acceptors (Lipinski definition) is 2. The average Bonchev–Trinajstić information content (AvgIpc) is 2.24. The summed E-state index contributed by atoms with van der Waals surface area (Å²) >= 11 is 0. The smallest absolute Gasteiger partial charge is 0.416 e. The summed E-state index contributed by atoms with van der Waals surface area (Å²) in [6.45, 7) is 2.42. The first kappa shape index (κ1) is 12.8. The van der Waals surface area contributed by atoms with Gasteiger partial charge >= 0.3 is 6.18 Å². The first-order valence-electron chi connectivity index (χ1n) is 5.02. The van der Waals surface area contributed by atoms with E-state index in [2.05, 4.69) is 0 Å². The van der Waals surface area contributed by atoms with Gasteiger partial charge in [0.05, 0.1) is 12.2 Å². The predicted octanol–water partition coefficient (Wildman–Crippen LogP) is 2.95. The van der Waals surface area contributed by atoms with Gasteiger partial charge in [-0.1, -0.05) is 6.92 Å². The Morgan fingerprint density at radius 3 is 2.50 bits per heavy atom. The van der Waals surface area contributed by atoms with Crippen LogP contribution in [0.2, 0.25) is 0 Å². The number of alkyl halides is 3. The fraction of sp³-hybridized carbons (Fsp3) is 0.455. The summed E-state index contributed by atoms with van der Waals surface area (Å²) in [5.74, 6) is 0.428. The van der Waals surface area contributed by atoms with E-state index in [1.54, 1.807) is 0 Å². The molecule has 0 bridgehead atoms. The number of rotatable bonds is 4. The highest BCUT2D eigenvalue weighted by molar-refractivity contribution is 5.38. The lowest BCUT2D eigenvalue weighted by Gasteiger charge is -2.13. The Bertz CT molecular complexity index is 350. The molecule has 2 N–H and O–H groups in total. The standard InChI is InChI=1S/C11H14F3NO/c1-2-5-16-10-4-3-9(11(12,13)14)6-8(10)7-15/h3-4,6H,2,5,7,15H2,1H3. The van der Waals surface area contributed by atoms with Crippen molar-refractivity contribution >= 4 is 0 Å². The van der Waals surface area contributed by atoms with E-state index in [1.165, 1.54) is 6.07 Å². The van der Waals surface area contributed by atoms with Gasteiger partial charge < -0.3 is 10.5 Å². The maximum Gasteiger partial charge on any atom is 0.416 e. The van der Waals surface area contributed by atoms with Crippen molar-refractivity contribution in [3.63, 3.8) is 0 Å². The number of benzene rings is 1. The lowest BCUT2D eigenvalue weighted by Crippen LogP contribution is -2.09. The summed E-state index contributed by atoms with van der Waals surface area (Å²) in [6, 6.07) is 3.36. The Labute approximate surface area is 92.2 Å². The molecule has 0 aliphatic rings. The van der Waals surface area contributed by atoms with Crippen molar-refractivity contribution < 1.29 is 17.9 Å². The predicted molar refractivity (Wildman–Crippen MR) is 55.1 cm³/mol. The second-order valence-electron chi connectivity index (χ2n) is 3.37. The molecule has 1 aromatic carbocycles. The molecule has 0 heterocycles. The summed E-state index contributed by atoms with van der Waals surface area (Å²) in [6.07, 6.45) is -3.54. The third kappa shape index (κ3) is 3.13. The summed E-state index contributed by atoms with van der Waals surface area (Å²) in [7, 11) is 0. The summed E-state index contributed by atoms with van der Waals surface area (Å²) < 4.78 is 42.5. The molecule has 90 valence electrons. The van der Waals surface area contributed by atoms with Gasteiger partial charge in [-0.15, -0.1) is 0 Å². The van der Waals surface area contributed by atoms with E-state index < -0.39 is 11.7 Å². The van der Waals surface area contributed by atoms with Crippen LogP contribution in [-0.4, -0.2) is 6.61 Å². The monoisotopic (exact) mass is 233 g/mol. The van der Waals surface area contributed by atoms with Crippen molar-refractivity contribution in [3.8, 4) is 5.75 Å². The van der Waals surface area contributed by atoms with Crippen LogP contribution < -0.4 is 10.5 Å². The molecule has 5 heteroatoms. The Morgan fingerprint density at radius 2 is 2.00 bits per heavy atom. The van der Waals surface area contributed by atoms with E-state index in [0.29, 0.717) is 17.9 Å². The molecular formula is C11H14F3NO. The molecule has 0 aromatic heterocycles. The van der Waals surface area contributed by atoms with Gasteiger partial charge in [0, 0.05) is 12.1 Å². The van der Waals surface area contributed by atoms with Gasteiger partial charge in [0.15, 0.2) is 0 Å². The molecule has 1 rings (SSSR count). The molecule has 0 amide bonds. The lowest BCUT2D eigenvalue weighted by molar-refractivity contribution is -0.137. The molecule has 0 saturated heterocycles.